The summed E-state index contributed by atoms with van der Waals surface area (Å²) in [5.74, 6) is 2.80. The molecule has 0 aliphatic heterocycles. The summed E-state index contributed by atoms with van der Waals surface area (Å²) < 4.78 is 11.3. The Kier molecular flexibility index (Phi) is 5.04. The van der Waals surface area contributed by atoms with Crippen LogP contribution in [0.25, 0.3) is 0 Å². The van der Waals surface area contributed by atoms with Crippen molar-refractivity contribution in [3.8, 4) is 0 Å². The maximum absolute atomic E-state index is 6.33. The summed E-state index contributed by atoms with van der Waals surface area (Å²) in [5.41, 5.74) is 6.33. The van der Waals surface area contributed by atoms with Gasteiger partial charge in [0.2, 0.25) is 0 Å². The number of hydrogen-bond acceptors (Lipinski definition) is 4. The van der Waals surface area contributed by atoms with Crippen molar-refractivity contribution in [1.82, 2.24) is 4.90 Å². The average molecular weight is 276 g/mol. The van der Waals surface area contributed by atoms with E-state index in [2.05, 4.69) is 18.7 Å². The van der Waals surface area contributed by atoms with Crippen molar-refractivity contribution in [2.45, 2.75) is 45.8 Å². The van der Waals surface area contributed by atoms with Crippen LogP contribution in [-0.2, 0) is 6.54 Å². The second-order valence-corrected chi connectivity index (χ2v) is 5.11. The Morgan fingerprint density at radius 1 is 1.25 bits per heavy atom. The Morgan fingerprint density at radius 3 is 2.55 bits per heavy atom. The van der Waals surface area contributed by atoms with Crippen LogP contribution in [0.1, 0.15) is 43.6 Å². The van der Waals surface area contributed by atoms with Gasteiger partial charge in [0.1, 0.15) is 17.3 Å². The molecular formula is C16H24N2O2. The smallest absolute Gasteiger partial charge is 0.122 e. The molecule has 0 aliphatic carbocycles. The first-order valence-corrected chi connectivity index (χ1v) is 7.24. The fraction of sp³-hybridized carbons (Fsp3) is 0.500. The molecule has 2 N–H and O–H groups in total. The van der Waals surface area contributed by atoms with Gasteiger partial charge in [-0.25, -0.2) is 0 Å². The first-order chi connectivity index (χ1) is 9.65. The molecule has 0 aromatic carbocycles. The summed E-state index contributed by atoms with van der Waals surface area (Å²) in [7, 11) is 0. The summed E-state index contributed by atoms with van der Waals surface area (Å²) in [4.78, 5) is 2.30. The van der Waals surface area contributed by atoms with E-state index in [1.165, 1.54) is 0 Å². The number of likely N-dealkylation sites (N-methyl/N-ethyl adjacent to an activating group) is 1. The molecule has 2 rings (SSSR count). The van der Waals surface area contributed by atoms with Gasteiger partial charge in [0.15, 0.2) is 0 Å². The normalized spacial score (nSPS) is 14.7. The van der Waals surface area contributed by atoms with Crippen molar-refractivity contribution in [3.63, 3.8) is 0 Å². The zero-order valence-electron chi connectivity index (χ0n) is 12.5. The van der Waals surface area contributed by atoms with Gasteiger partial charge in [-0.15, -0.1) is 0 Å². The van der Waals surface area contributed by atoms with E-state index in [1.807, 2.05) is 31.2 Å². The Balaban J connectivity index is 2.23. The van der Waals surface area contributed by atoms with E-state index in [9.17, 15) is 0 Å². The fourth-order valence-corrected chi connectivity index (χ4v) is 2.51. The van der Waals surface area contributed by atoms with Crippen LogP contribution in [0.2, 0.25) is 0 Å². The molecule has 2 aromatic heterocycles. The standard InChI is InChI=1S/C16H24N2O2/c1-4-14(17)16(15-9-8-12(3)20-15)18(5-2)11-13-7-6-10-19-13/h6-10,14,16H,4-5,11,17H2,1-3H3. The van der Waals surface area contributed by atoms with E-state index >= 15 is 0 Å². The molecule has 0 saturated carbocycles. The van der Waals surface area contributed by atoms with E-state index in [0.29, 0.717) is 0 Å². The third kappa shape index (κ3) is 3.32. The third-order valence-corrected chi connectivity index (χ3v) is 3.67. The fourth-order valence-electron chi connectivity index (χ4n) is 2.51. The molecule has 0 radical (unpaired) electrons. The van der Waals surface area contributed by atoms with Gasteiger partial charge in [-0.2, -0.15) is 0 Å². The lowest BCUT2D eigenvalue weighted by molar-refractivity contribution is 0.136. The number of nitrogens with zero attached hydrogens (tertiary/aromatic N) is 1. The third-order valence-electron chi connectivity index (χ3n) is 3.67. The number of rotatable bonds is 7. The summed E-state index contributed by atoms with van der Waals surface area (Å²) in [6, 6.07) is 8.03. The van der Waals surface area contributed by atoms with E-state index in [4.69, 9.17) is 14.6 Å². The molecule has 0 amide bonds. The lowest BCUT2D eigenvalue weighted by Gasteiger charge is -2.32. The Bertz CT molecular complexity index is 504. The van der Waals surface area contributed by atoms with Crippen LogP contribution in [0.5, 0.6) is 0 Å². The molecular weight excluding hydrogens is 252 g/mol. The summed E-state index contributed by atoms with van der Waals surface area (Å²) in [6.07, 6.45) is 2.61. The monoisotopic (exact) mass is 276 g/mol. The highest BCUT2D eigenvalue weighted by molar-refractivity contribution is 5.13. The van der Waals surface area contributed by atoms with Crippen molar-refractivity contribution in [1.29, 1.82) is 0 Å². The molecule has 20 heavy (non-hydrogen) atoms. The largest absolute Gasteiger partial charge is 0.468 e. The highest BCUT2D eigenvalue weighted by atomic mass is 16.3. The second kappa shape index (κ2) is 6.77. The van der Waals surface area contributed by atoms with Crippen LogP contribution in [0.3, 0.4) is 0 Å². The highest BCUT2D eigenvalue weighted by Crippen LogP contribution is 2.28. The maximum Gasteiger partial charge on any atom is 0.122 e. The van der Waals surface area contributed by atoms with E-state index in [0.717, 1.165) is 36.8 Å². The Labute approximate surface area is 120 Å². The first-order valence-electron chi connectivity index (χ1n) is 7.24. The van der Waals surface area contributed by atoms with Crippen LogP contribution in [0.15, 0.2) is 39.4 Å². The minimum Gasteiger partial charge on any atom is -0.468 e. The predicted molar refractivity (Wildman–Crippen MR) is 79.2 cm³/mol. The van der Waals surface area contributed by atoms with Crippen molar-refractivity contribution in [2.24, 2.45) is 5.73 Å². The molecule has 0 aliphatic rings. The number of furan rings is 2. The zero-order valence-corrected chi connectivity index (χ0v) is 12.5. The SMILES string of the molecule is CCC(N)C(c1ccc(C)o1)N(CC)Cc1ccco1. The topological polar surface area (TPSA) is 55.5 Å². The molecule has 4 nitrogen and oxygen atoms in total. The molecule has 110 valence electrons. The van der Waals surface area contributed by atoms with Crippen LogP contribution >= 0.6 is 0 Å². The molecule has 2 atom stereocenters. The molecule has 2 heterocycles. The van der Waals surface area contributed by atoms with Crippen molar-refractivity contribution in [3.05, 3.63) is 47.8 Å². The van der Waals surface area contributed by atoms with Gasteiger partial charge < -0.3 is 14.6 Å². The summed E-state index contributed by atoms with van der Waals surface area (Å²) in [6.45, 7) is 7.82. The average Bonchev–Trinajstić information content (AvgIpc) is 3.09. The minimum atomic E-state index is 0.0375. The lowest BCUT2D eigenvalue weighted by atomic mass is 10.0. The van der Waals surface area contributed by atoms with Crippen molar-refractivity contribution < 1.29 is 8.83 Å². The second-order valence-electron chi connectivity index (χ2n) is 5.11. The highest BCUT2D eigenvalue weighted by Gasteiger charge is 2.28. The minimum absolute atomic E-state index is 0.0375. The quantitative estimate of drug-likeness (QED) is 0.841. The van der Waals surface area contributed by atoms with Crippen LogP contribution in [0.4, 0.5) is 0 Å². The Hall–Kier alpha value is -1.52. The molecule has 0 fully saturated rings. The van der Waals surface area contributed by atoms with Gasteiger partial charge in [-0.3, -0.25) is 4.90 Å². The van der Waals surface area contributed by atoms with Gasteiger partial charge in [0, 0.05) is 6.04 Å². The van der Waals surface area contributed by atoms with Crippen molar-refractivity contribution in [2.75, 3.05) is 6.54 Å². The molecule has 2 unspecified atom stereocenters. The number of nitrogens with two attached hydrogens (primary N) is 1. The van der Waals surface area contributed by atoms with Crippen molar-refractivity contribution >= 4 is 0 Å². The van der Waals surface area contributed by atoms with Gasteiger partial charge in [0.25, 0.3) is 0 Å². The Morgan fingerprint density at radius 2 is 2.05 bits per heavy atom. The molecule has 0 saturated heterocycles. The van der Waals surface area contributed by atoms with E-state index < -0.39 is 0 Å². The van der Waals surface area contributed by atoms with E-state index in [1.54, 1.807) is 6.26 Å². The predicted octanol–water partition coefficient (Wildman–Crippen LogP) is 3.48. The zero-order chi connectivity index (χ0) is 14.5. The number of hydrogen-bond donors (Lipinski definition) is 1. The molecule has 0 bridgehead atoms. The van der Waals surface area contributed by atoms with Gasteiger partial charge in [-0.05, 0) is 44.2 Å². The first kappa shape index (κ1) is 14.9. The van der Waals surface area contributed by atoms with Gasteiger partial charge in [0.05, 0.1) is 18.8 Å². The van der Waals surface area contributed by atoms with Crippen LogP contribution in [0, 0.1) is 6.92 Å². The van der Waals surface area contributed by atoms with Crippen LogP contribution < -0.4 is 5.73 Å². The van der Waals surface area contributed by atoms with Gasteiger partial charge >= 0.3 is 0 Å². The summed E-state index contributed by atoms with van der Waals surface area (Å²) in [5, 5.41) is 0. The molecule has 4 heteroatoms. The van der Waals surface area contributed by atoms with Gasteiger partial charge in [-0.1, -0.05) is 13.8 Å². The summed E-state index contributed by atoms with van der Waals surface area (Å²) >= 11 is 0. The maximum atomic E-state index is 6.33. The lowest BCUT2D eigenvalue weighted by Crippen LogP contribution is -2.40. The number of aryl methyl sites for hydroxylation is 1. The van der Waals surface area contributed by atoms with E-state index in [-0.39, 0.29) is 12.1 Å². The molecule has 2 aromatic rings. The van der Waals surface area contributed by atoms with Crippen LogP contribution in [-0.4, -0.2) is 17.5 Å². The molecule has 0 spiro atoms.